The topological polar surface area (TPSA) is 62.2 Å². The molecule has 1 aromatic rings. The number of aromatic nitrogens is 1. The number of aromatic carboxylic acids is 1. The third-order valence-corrected chi connectivity index (χ3v) is 4.20. The van der Waals surface area contributed by atoms with E-state index in [1.807, 2.05) is 0 Å². The first-order chi connectivity index (χ1) is 8.56. The van der Waals surface area contributed by atoms with Gasteiger partial charge in [-0.3, -0.25) is 0 Å². The van der Waals surface area contributed by atoms with Gasteiger partial charge in [-0.1, -0.05) is 24.9 Å². The number of halogens is 1. The van der Waals surface area contributed by atoms with Crippen LogP contribution in [0.2, 0.25) is 5.02 Å². The monoisotopic (exact) mass is 268 g/mol. The molecule has 1 saturated carbocycles. The summed E-state index contributed by atoms with van der Waals surface area (Å²) in [7, 11) is 0. The summed E-state index contributed by atoms with van der Waals surface area (Å²) in [6.07, 6.45) is 6.27. The molecule has 0 aliphatic heterocycles. The molecule has 0 amide bonds. The maximum Gasteiger partial charge on any atom is 0.337 e. The number of rotatable bonds is 5. The fourth-order valence-electron chi connectivity index (χ4n) is 2.31. The number of pyridine rings is 1. The number of nitrogens with zero attached hydrogens (tertiary/aromatic N) is 1. The minimum Gasteiger partial charge on any atom is -0.478 e. The van der Waals surface area contributed by atoms with Crippen LogP contribution in [0, 0.1) is 5.41 Å². The highest BCUT2D eigenvalue weighted by Gasteiger charge is 2.34. The smallest absolute Gasteiger partial charge is 0.337 e. The van der Waals surface area contributed by atoms with Gasteiger partial charge >= 0.3 is 5.97 Å². The predicted octanol–water partition coefficient (Wildman–Crippen LogP) is 3.43. The molecule has 2 rings (SSSR count). The van der Waals surface area contributed by atoms with Crippen LogP contribution < -0.4 is 5.32 Å². The van der Waals surface area contributed by atoms with Crippen molar-refractivity contribution in [3.63, 3.8) is 0 Å². The Bertz CT molecular complexity index is 453. The van der Waals surface area contributed by atoms with E-state index in [2.05, 4.69) is 17.2 Å². The first kappa shape index (κ1) is 13.1. The summed E-state index contributed by atoms with van der Waals surface area (Å²) >= 11 is 5.78. The number of carboxylic acid groups (broad SMARTS) is 1. The maximum atomic E-state index is 11.0. The van der Waals surface area contributed by atoms with Crippen LogP contribution in [-0.4, -0.2) is 22.6 Å². The molecule has 2 N–H and O–H groups in total. The largest absolute Gasteiger partial charge is 0.478 e. The molecule has 1 fully saturated rings. The Morgan fingerprint density at radius 1 is 1.61 bits per heavy atom. The third-order valence-electron chi connectivity index (χ3n) is 3.89. The van der Waals surface area contributed by atoms with E-state index < -0.39 is 5.97 Å². The number of carbonyl (C=O) groups is 1. The van der Waals surface area contributed by atoms with Gasteiger partial charge in [-0.05, 0) is 30.7 Å². The van der Waals surface area contributed by atoms with Gasteiger partial charge in [-0.25, -0.2) is 9.78 Å². The molecular weight excluding hydrogens is 252 g/mol. The van der Waals surface area contributed by atoms with Crippen LogP contribution in [0.25, 0.3) is 0 Å². The van der Waals surface area contributed by atoms with Gasteiger partial charge in [-0.2, -0.15) is 0 Å². The molecule has 0 unspecified atom stereocenters. The van der Waals surface area contributed by atoms with Crippen molar-refractivity contribution in [2.45, 2.75) is 32.6 Å². The van der Waals surface area contributed by atoms with Crippen molar-refractivity contribution in [1.82, 2.24) is 4.98 Å². The lowest BCUT2D eigenvalue weighted by Crippen LogP contribution is -2.36. The Labute approximate surface area is 111 Å². The summed E-state index contributed by atoms with van der Waals surface area (Å²) in [6.45, 7) is 3.04. The molecule has 1 aromatic heterocycles. The lowest BCUT2D eigenvalue weighted by Gasteiger charge is -2.41. The summed E-state index contributed by atoms with van der Waals surface area (Å²) < 4.78 is 0. The summed E-state index contributed by atoms with van der Waals surface area (Å²) in [5.74, 6) is -0.448. The molecule has 1 aliphatic rings. The first-order valence-electron chi connectivity index (χ1n) is 6.19. The Hall–Kier alpha value is -1.29. The number of carboxylic acids is 1. The fraction of sp³-hybridized carbons (Fsp3) is 0.538. The van der Waals surface area contributed by atoms with Gasteiger partial charge < -0.3 is 10.4 Å². The highest BCUT2D eigenvalue weighted by molar-refractivity contribution is 6.33. The molecule has 0 saturated heterocycles. The third kappa shape index (κ3) is 2.58. The van der Waals surface area contributed by atoms with Crippen LogP contribution in [0.3, 0.4) is 0 Å². The first-order valence-corrected chi connectivity index (χ1v) is 6.57. The molecule has 0 bridgehead atoms. The molecule has 18 heavy (non-hydrogen) atoms. The highest BCUT2D eigenvalue weighted by atomic mass is 35.5. The van der Waals surface area contributed by atoms with Crippen molar-refractivity contribution in [2.75, 3.05) is 11.9 Å². The zero-order chi connectivity index (χ0) is 13.2. The fourth-order valence-corrected chi connectivity index (χ4v) is 2.49. The van der Waals surface area contributed by atoms with E-state index in [0.717, 1.165) is 13.0 Å². The van der Waals surface area contributed by atoms with Crippen molar-refractivity contribution in [3.8, 4) is 0 Å². The van der Waals surface area contributed by atoms with Crippen LogP contribution in [0.1, 0.15) is 43.0 Å². The van der Waals surface area contributed by atoms with Gasteiger partial charge in [0, 0.05) is 12.7 Å². The predicted molar refractivity (Wildman–Crippen MR) is 71.3 cm³/mol. The van der Waals surface area contributed by atoms with Crippen LogP contribution in [0.4, 0.5) is 5.82 Å². The van der Waals surface area contributed by atoms with Crippen LogP contribution in [0.15, 0.2) is 12.3 Å². The van der Waals surface area contributed by atoms with E-state index >= 15 is 0 Å². The summed E-state index contributed by atoms with van der Waals surface area (Å²) in [5.41, 5.74) is 0.457. The van der Waals surface area contributed by atoms with Gasteiger partial charge in [0.1, 0.15) is 5.82 Å². The maximum absolute atomic E-state index is 11.0. The van der Waals surface area contributed by atoms with E-state index in [9.17, 15) is 4.79 Å². The molecule has 0 atom stereocenters. The molecule has 1 aliphatic carbocycles. The summed E-state index contributed by atoms with van der Waals surface area (Å²) in [5, 5.41) is 12.4. The van der Waals surface area contributed by atoms with Gasteiger partial charge in [0.25, 0.3) is 0 Å². The second kappa shape index (κ2) is 5.14. The molecule has 0 radical (unpaired) electrons. The minimum atomic E-state index is -1.03. The van der Waals surface area contributed by atoms with Gasteiger partial charge in [0.05, 0.1) is 10.6 Å². The van der Waals surface area contributed by atoms with Crippen molar-refractivity contribution in [2.24, 2.45) is 5.41 Å². The second-order valence-electron chi connectivity index (χ2n) is 4.92. The SMILES string of the molecule is CCC1(CNc2cc(C(=O)O)c(Cl)cn2)CCC1. The summed E-state index contributed by atoms with van der Waals surface area (Å²) in [4.78, 5) is 15.1. The Kier molecular flexibility index (Phi) is 3.76. The van der Waals surface area contributed by atoms with Crippen molar-refractivity contribution < 1.29 is 9.90 Å². The Morgan fingerprint density at radius 3 is 2.83 bits per heavy atom. The quantitative estimate of drug-likeness (QED) is 0.859. The van der Waals surface area contributed by atoms with Gasteiger partial charge in [0.2, 0.25) is 0 Å². The normalized spacial score (nSPS) is 17.0. The van der Waals surface area contributed by atoms with E-state index in [1.54, 1.807) is 0 Å². The van der Waals surface area contributed by atoms with Gasteiger partial charge in [-0.15, -0.1) is 0 Å². The van der Waals surface area contributed by atoms with Crippen molar-refractivity contribution in [3.05, 3.63) is 22.8 Å². The van der Waals surface area contributed by atoms with E-state index in [4.69, 9.17) is 16.7 Å². The Morgan fingerprint density at radius 2 is 2.33 bits per heavy atom. The zero-order valence-electron chi connectivity index (χ0n) is 10.4. The van der Waals surface area contributed by atoms with E-state index in [0.29, 0.717) is 11.2 Å². The summed E-state index contributed by atoms with van der Waals surface area (Å²) in [6, 6.07) is 1.49. The molecule has 98 valence electrons. The Balaban J connectivity index is 2.06. The lowest BCUT2D eigenvalue weighted by atomic mass is 9.67. The second-order valence-corrected chi connectivity index (χ2v) is 5.32. The number of anilines is 1. The van der Waals surface area contributed by atoms with Crippen molar-refractivity contribution in [1.29, 1.82) is 0 Å². The number of nitrogens with one attached hydrogen (secondary N) is 1. The average Bonchev–Trinajstić information content (AvgIpc) is 2.30. The van der Waals surface area contributed by atoms with Crippen molar-refractivity contribution >= 4 is 23.4 Å². The van der Waals surface area contributed by atoms with Crippen LogP contribution in [-0.2, 0) is 0 Å². The standard InChI is InChI=1S/C13H17ClN2O2/c1-2-13(4-3-5-13)8-16-11-6-9(12(17)18)10(14)7-15-11/h6-7H,2-5,8H2,1H3,(H,15,16)(H,17,18). The average molecular weight is 269 g/mol. The van der Waals surface area contributed by atoms with E-state index in [-0.39, 0.29) is 10.6 Å². The molecule has 0 aromatic carbocycles. The molecule has 1 heterocycles. The van der Waals surface area contributed by atoms with Gasteiger partial charge in [0.15, 0.2) is 0 Å². The molecule has 4 nitrogen and oxygen atoms in total. The molecule has 5 heteroatoms. The molecular formula is C13H17ClN2O2. The number of hydrogen-bond donors (Lipinski definition) is 2. The van der Waals surface area contributed by atoms with Crippen LogP contribution in [0.5, 0.6) is 0 Å². The highest BCUT2D eigenvalue weighted by Crippen LogP contribution is 2.43. The number of hydrogen-bond acceptors (Lipinski definition) is 3. The van der Waals surface area contributed by atoms with E-state index in [1.165, 1.54) is 31.5 Å². The minimum absolute atomic E-state index is 0.0910. The lowest BCUT2D eigenvalue weighted by molar-refractivity contribution is 0.0697. The van der Waals surface area contributed by atoms with Crippen LogP contribution >= 0.6 is 11.6 Å². The molecule has 0 spiro atoms. The zero-order valence-corrected chi connectivity index (χ0v) is 11.1.